The molecule has 1 aliphatic carbocycles. The van der Waals surface area contributed by atoms with Gasteiger partial charge in [0.25, 0.3) is 0 Å². The van der Waals surface area contributed by atoms with Crippen LogP contribution >= 0.6 is 23.8 Å². The summed E-state index contributed by atoms with van der Waals surface area (Å²) in [6.45, 7) is 6.57. The highest BCUT2D eigenvalue weighted by Gasteiger charge is 2.23. The van der Waals surface area contributed by atoms with Gasteiger partial charge >= 0.3 is 0 Å². The Kier molecular flexibility index (Phi) is 6.34. The third kappa shape index (κ3) is 5.42. The standard InChI is InChI=1S/C18H28ClN5S/c1-12-8-13(2)11-24(10-12)16-9-15(19)21-17(22-16)23-18(25)20-14-6-4-3-5-7-14/h9,12-14H,3-8,10-11H2,1-2H3,(H2,20,21,22,23,25)/t12-,13-/m0/s1. The van der Waals surface area contributed by atoms with Crippen molar-refractivity contribution in [2.45, 2.75) is 58.4 Å². The fraction of sp³-hybridized carbons (Fsp3) is 0.722. The molecule has 0 radical (unpaired) electrons. The summed E-state index contributed by atoms with van der Waals surface area (Å²) >= 11 is 11.7. The minimum atomic E-state index is 0.443. The molecule has 0 unspecified atom stereocenters. The SMILES string of the molecule is C[C@H]1C[C@H](C)CN(c2cc(Cl)nc(NC(=S)NC3CCCCC3)n2)C1. The monoisotopic (exact) mass is 381 g/mol. The van der Waals surface area contributed by atoms with E-state index in [-0.39, 0.29) is 0 Å². The topological polar surface area (TPSA) is 53.1 Å². The first-order valence-corrected chi connectivity index (χ1v) is 10.2. The van der Waals surface area contributed by atoms with Crippen LogP contribution in [-0.4, -0.2) is 34.2 Å². The maximum Gasteiger partial charge on any atom is 0.232 e. The fourth-order valence-corrected chi connectivity index (χ4v) is 4.48. The van der Waals surface area contributed by atoms with Crippen molar-refractivity contribution in [2.24, 2.45) is 11.8 Å². The van der Waals surface area contributed by atoms with Gasteiger partial charge in [-0.1, -0.05) is 44.7 Å². The first-order chi connectivity index (χ1) is 12.0. The van der Waals surface area contributed by atoms with E-state index in [9.17, 15) is 0 Å². The van der Waals surface area contributed by atoms with Gasteiger partial charge in [-0.2, -0.15) is 4.98 Å². The molecule has 5 nitrogen and oxygen atoms in total. The van der Waals surface area contributed by atoms with E-state index >= 15 is 0 Å². The minimum absolute atomic E-state index is 0.443. The zero-order valence-corrected chi connectivity index (χ0v) is 16.7. The van der Waals surface area contributed by atoms with Gasteiger partial charge in [0.1, 0.15) is 11.0 Å². The third-order valence-electron chi connectivity index (χ3n) is 5.04. The highest BCUT2D eigenvalue weighted by molar-refractivity contribution is 7.80. The smallest absolute Gasteiger partial charge is 0.232 e. The molecule has 1 aromatic heterocycles. The summed E-state index contributed by atoms with van der Waals surface area (Å²) in [5.41, 5.74) is 0. The molecule has 2 N–H and O–H groups in total. The molecule has 1 aliphatic heterocycles. The molecule has 3 rings (SSSR count). The molecule has 2 heterocycles. The Labute approximate surface area is 160 Å². The molecule has 2 fully saturated rings. The molecule has 0 amide bonds. The Morgan fingerprint density at radius 1 is 1.16 bits per heavy atom. The number of hydrogen-bond acceptors (Lipinski definition) is 4. The van der Waals surface area contributed by atoms with E-state index in [1.165, 1.54) is 38.5 Å². The Morgan fingerprint density at radius 2 is 1.84 bits per heavy atom. The zero-order valence-electron chi connectivity index (χ0n) is 15.1. The van der Waals surface area contributed by atoms with Crippen LogP contribution in [-0.2, 0) is 0 Å². The van der Waals surface area contributed by atoms with E-state index in [4.69, 9.17) is 23.8 Å². The molecule has 2 aliphatic rings. The van der Waals surface area contributed by atoms with E-state index < -0.39 is 0 Å². The Bertz CT molecular complexity index is 595. The van der Waals surface area contributed by atoms with Gasteiger partial charge in [0.05, 0.1) is 0 Å². The van der Waals surface area contributed by atoms with E-state index in [1.54, 1.807) is 0 Å². The minimum Gasteiger partial charge on any atom is -0.360 e. The summed E-state index contributed by atoms with van der Waals surface area (Å²) in [4.78, 5) is 11.2. The fourth-order valence-electron chi connectivity index (χ4n) is 4.04. The van der Waals surface area contributed by atoms with Crippen molar-refractivity contribution in [1.29, 1.82) is 0 Å². The Morgan fingerprint density at radius 3 is 2.52 bits per heavy atom. The first-order valence-electron chi connectivity index (χ1n) is 9.36. The summed E-state index contributed by atoms with van der Waals surface area (Å²) < 4.78 is 0. The molecule has 1 saturated carbocycles. The number of hydrogen-bond donors (Lipinski definition) is 2. The molecule has 138 valence electrons. The predicted octanol–water partition coefficient (Wildman–Crippen LogP) is 4.23. The van der Waals surface area contributed by atoms with Crippen LogP contribution in [0.25, 0.3) is 0 Å². The van der Waals surface area contributed by atoms with E-state index in [0.717, 1.165) is 18.9 Å². The first kappa shape index (κ1) is 18.6. The summed E-state index contributed by atoms with van der Waals surface area (Å²) in [6, 6.07) is 2.30. The van der Waals surface area contributed by atoms with Gasteiger partial charge in [-0.3, -0.25) is 0 Å². The van der Waals surface area contributed by atoms with Gasteiger partial charge < -0.3 is 15.5 Å². The van der Waals surface area contributed by atoms with Gasteiger partial charge in [-0.25, -0.2) is 4.98 Å². The van der Waals surface area contributed by atoms with Crippen LogP contribution in [0, 0.1) is 11.8 Å². The largest absolute Gasteiger partial charge is 0.360 e. The van der Waals surface area contributed by atoms with Crippen molar-refractivity contribution in [3.05, 3.63) is 11.2 Å². The van der Waals surface area contributed by atoms with Crippen LogP contribution in [0.1, 0.15) is 52.4 Å². The highest BCUT2D eigenvalue weighted by Crippen LogP contribution is 2.27. The Balaban J connectivity index is 1.65. The van der Waals surface area contributed by atoms with Crippen molar-refractivity contribution < 1.29 is 0 Å². The summed E-state index contributed by atoms with van der Waals surface area (Å²) in [7, 11) is 0. The number of nitrogens with one attached hydrogen (secondary N) is 2. The number of anilines is 2. The molecule has 1 aromatic rings. The number of thiocarbonyl (C=S) groups is 1. The van der Waals surface area contributed by atoms with Crippen LogP contribution in [0.5, 0.6) is 0 Å². The maximum atomic E-state index is 6.24. The molecule has 2 atom stereocenters. The normalized spacial score (nSPS) is 24.8. The Hall–Kier alpha value is -1.14. The molecule has 0 bridgehead atoms. The van der Waals surface area contributed by atoms with E-state index in [1.807, 2.05) is 6.07 Å². The second-order valence-electron chi connectivity index (χ2n) is 7.66. The van der Waals surface area contributed by atoms with Gasteiger partial charge in [-0.05, 0) is 43.3 Å². The van der Waals surface area contributed by atoms with Crippen LogP contribution < -0.4 is 15.5 Å². The maximum absolute atomic E-state index is 6.24. The lowest BCUT2D eigenvalue weighted by molar-refractivity contribution is 0.355. The summed E-state index contributed by atoms with van der Waals surface area (Å²) in [5.74, 6) is 2.66. The van der Waals surface area contributed by atoms with Crippen molar-refractivity contribution in [1.82, 2.24) is 15.3 Å². The average molecular weight is 382 g/mol. The van der Waals surface area contributed by atoms with Crippen LogP contribution in [0.4, 0.5) is 11.8 Å². The van der Waals surface area contributed by atoms with Gasteiger partial charge in [0, 0.05) is 25.2 Å². The number of rotatable bonds is 3. The summed E-state index contributed by atoms with van der Waals surface area (Å²) in [6.07, 6.45) is 7.47. The van der Waals surface area contributed by atoms with Crippen molar-refractivity contribution in [3.8, 4) is 0 Å². The predicted molar refractivity (Wildman–Crippen MR) is 108 cm³/mol. The van der Waals surface area contributed by atoms with E-state index in [2.05, 4.69) is 39.3 Å². The molecular formula is C18H28ClN5S. The molecule has 25 heavy (non-hydrogen) atoms. The third-order valence-corrected chi connectivity index (χ3v) is 5.45. The van der Waals surface area contributed by atoms with Crippen molar-refractivity contribution in [3.63, 3.8) is 0 Å². The van der Waals surface area contributed by atoms with Gasteiger partial charge in [0.15, 0.2) is 5.11 Å². The van der Waals surface area contributed by atoms with Crippen molar-refractivity contribution >= 4 is 40.7 Å². The average Bonchev–Trinajstić information content (AvgIpc) is 2.54. The molecule has 0 spiro atoms. The number of aromatic nitrogens is 2. The molecule has 1 saturated heterocycles. The molecule has 7 heteroatoms. The van der Waals surface area contributed by atoms with Crippen LogP contribution in [0.3, 0.4) is 0 Å². The molecule has 0 aromatic carbocycles. The van der Waals surface area contributed by atoms with Crippen LogP contribution in [0.15, 0.2) is 6.07 Å². The lowest BCUT2D eigenvalue weighted by atomic mass is 9.92. The van der Waals surface area contributed by atoms with Crippen molar-refractivity contribution in [2.75, 3.05) is 23.3 Å². The lowest BCUT2D eigenvalue weighted by Crippen LogP contribution is -2.40. The second kappa shape index (κ2) is 8.49. The molecular weight excluding hydrogens is 354 g/mol. The number of halogens is 1. The zero-order chi connectivity index (χ0) is 17.8. The van der Waals surface area contributed by atoms with E-state index in [0.29, 0.717) is 34.1 Å². The van der Waals surface area contributed by atoms with Gasteiger partial charge in [-0.15, -0.1) is 0 Å². The lowest BCUT2D eigenvalue weighted by Gasteiger charge is -2.35. The number of nitrogens with zero attached hydrogens (tertiary/aromatic N) is 3. The number of piperidine rings is 1. The van der Waals surface area contributed by atoms with Crippen LogP contribution in [0.2, 0.25) is 5.15 Å². The second-order valence-corrected chi connectivity index (χ2v) is 8.45. The van der Waals surface area contributed by atoms with Gasteiger partial charge in [0.2, 0.25) is 5.95 Å². The highest BCUT2D eigenvalue weighted by atomic mass is 35.5. The quantitative estimate of drug-likeness (QED) is 0.603. The summed E-state index contributed by atoms with van der Waals surface area (Å²) in [5, 5.41) is 7.53.